The van der Waals surface area contributed by atoms with E-state index >= 15 is 0 Å². The molecule has 2 aromatic carbocycles. The molecule has 0 fully saturated rings. The van der Waals surface area contributed by atoms with Crippen LogP contribution in [0.5, 0.6) is 0 Å². The summed E-state index contributed by atoms with van der Waals surface area (Å²) < 4.78 is 0. The van der Waals surface area contributed by atoms with Gasteiger partial charge < -0.3 is 5.11 Å². The van der Waals surface area contributed by atoms with Crippen LogP contribution in [-0.4, -0.2) is 16.7 Å². The predicted molar refractivity (Wildman–Crippen MR) is 74.6 cm³/mol. The van der Waals surface area contributed by atoms with Crippen LogP contribution in [0.3, 0.4) is 0 Å². The first-order chi connectivity index (χ1) is 9.68. The van der Waals surface area contributed by atoms with Crippen LogP contribution in [0.25, 0.3) is 0 Å². The molecule has 20 heavy (non-hydrogen) atoms. The van der Waals surface area contributed by atoms with Gasteiger partial charge in [0.1, 0.15) is 6.10 Å². The number of carbonyl (C=O) groups is 2. The summed E-state index contributed by atoms with van der Waals surface area (Å²) in [6.07, 6.45) is 0.156. The first kappa shape index (κ1) is 12.5. The Morgan fingerprint density at radius 1 is 0.800 bits per heavy atom. The minimum absolute atomic E-state index is 0.125. The quantitative estimate of drug-likeness (QED) is 0.907. The lowest BCUT2D eigenvalue weighted by molar-refractivity contribution is 0.0947. The number of ketones is 2. The lowest BCUT2D eigenvalue weighted by Gasteiger charge is -2.19. The van der Waals surface area contributed by atoms with Crippen molar-refractivity contribution in [2.24, 2.45) is 0 Å². The fraction of sp³-hybridized carbons (Fsp3) is 0.0588. The number of allylic oxidation sites excluding steroid dienone is 1. The topological polar surface area (TPSA) is 54.4 Å². The van der Waals surface area contributed by atoms with E-state index in [9.17, 15) is 14.7 Å². The van der Waals surface area contributed by atoms with Crippen molar-refractivity contribution < 1.29 is 14.7 Å². The molecule has 0 saturated heterocycles. The van der Waals surface area contributed by atoms with Gasteiger partial charge in [-0.25, -0.2) is 0 Å². The number of fused-ring (bicyclic) bond motifs is 1. The van der Waals surface area contributed by atoms with E-state index in [1.54, 1.807) is 48.5 Å². The molecule has 0 amide bonds. The van der Waals surface area contributed by atoms with Crippen LogP contribution >= 0.6 is 0 Å². The average Bonchev–Trinajstić information content (AvgIpc) is 2.51. The van der Waals surface area contributed by atoms with Crippen LogP contribution in [0.1, 0.15) is 32.4 Å². The normalized spacial score (nSPS) is 15.6. The van der Waals surface area contributed by atoms with E-state index in [2.05, 4.69) is 0 Å². The molecule has 3 nitrogen and oxygen atoms in total. The highest BCUT2D eigenvalue weighted by atomic mass is 16.3. The number of aliphatic hydroxyl groups excluding tert-OH is 1. The second-order valence-corrected chi connectivity index (χ2v) is 4.65. The van der Waals surface area contributed by atoms with Crippen molar-refractivity contribution in [2.45, 2.75) is 6.10 Å². The standard InChI is InChI=1S/C17H12O3/c18-15-10-14(16(19)11-6-2-1-3-7-11)17(20)13-9-5-4-8-12(13)15/h1-10,16,19H/t16-/m0/s1. The SMILES string of the molecule is O=C1C=C([C@@H](O)c2ccccc2)C(=O)c2ccccc21. The Bertz CT molecular complexity index is 714. The van der Waals surface area contributed by atoms with Crippen molar-refractivity contribution >= 4 is 11.6 Å². The third-order valence-electron chi connectivity index (χ3n) is 3.40. The number of rotatable bonds is 2. The maximum absolute atomic E-state index is 12.4. The van der Waals surface area contributed by atoms with E-state index in [1.807, 2.05) is 6.07 Å². The number of Topliss-reactive ketones (excluding diaryl/α,β-unsaturated/α-hetero) is 1. The summed E-state index contributed by atoms with van der Waals surface area (Å²) in [7, 11) is 0. The van der Waals surface area contributed by atoms with E-state index in [4.69, 9.17) is 0 Å². The highest BCUT2D eigenvalue weighted by Crippen LogP contribution is 2.29. The molecule has 1 atom stereocenters. The van der Waals surface area contributed by atoms with Crippen LogP contribution in [0.4, 0.5) is 0 Å². The summed E-state index contributed by atoms with van der Waals surface area (Å²) >= 11 is 0. The van der Waals surface area contributed by atoms with Crippen LogP contribution in [0.2, 0.25) is 0 Å². The highest BCUT2D eigenvalue weighted by molar-refractivity contribution is 6.24. The summed E-state index contributed by atoms with van der Waals surface area (Å²) in [6.45, 7) is 0. The molecule has 1 aliphatic carbocycles. The fourth-order valence-corrected chi connectivity index (χ4v) is 2.35. The van der Waals surface area contributed by atoms with E-state index < -0.39 is 6.10 Å². The summed E-state index contributed by atoms with van der Waals surface area (Å²) in [6, 6.07) is 15.5. The summed E-state index contributed by atoms with van der Waals surface area (Å²) in [4.78, 5) is 24.4. The Labute approximate surface area is 116 Å². The van der Waals surface area contributed by atoms with Crippen molar-refractivity contribution in [2.75, 3.05) is 0 Å². The zero-order chi connectivity index (χ0) is 14.1. The average molecular weight is 264 g/mol. The van der Waals surface area contributed by atoms with Gasteiger partial charge in [-0.2, -0.15) is 0 Å². The summed E-state index contributed by atoms with van der Waals surface area (Å²) in [5, 5.41) is 10.3. The molecule has 2 aromatic rings. The Kier molecular flexibility index (Phi) is 3.05. The summed E-state index contributed by atoms with van der Waals surface area (Å²) in [5.41, 5.74) is 1.46. The molecular weight excluding hydrogens is 252 g/mol. The van der Waals surface area contributed by atoms with Gasteiger partial charge in [-0.3, -0.25) is 9.59 Å². The summed E-state index contributed by atoms with van der Waals surface area (Å²) in [5.74, 6) is -0.540. The minimum Gasteiger partial charge on any atom is -0.384 e. The third kappa shape index (κ3) is 1.98. The fourth-order valence-electron chi connectivity index (χ4n) is 2.35. The first-order valence-corrected chi connectivity index (χ1v) is 6.31. The molecule has 0 radical (unpaired) electrons. The Morgan fingerprint density at radius 3 is 2.10 bits per heavy atom. The largest absolute Gasteiger partial charge is 0.384 e. The molecule has 0 aliphatic heterocycles. The number of aliphatic hydroxyl groups is 1. The highest BCUT2D eigenvalue weighted by Gasteiger charge is 2.29. The smallest absolute Gasteiger partial charge is 0.192 e. The van der Waals surface area contributed by atoms with Gasteiger partial charge in [0.15, 0.2) is 11.6 Å². The molecular formula is C17H12O3. The second-order valence-electron chi connectivity index (χ2n) is 4.65. The van der Waals surface area contributed by atoms with Gasteiger partial charge in [0.05, 0.1) is 0 Å². The van der Waals surface area contributed by atoms with Gasteiger partial charge >= 0.3 is 0 Å². The van der Waals surface area contributed by atoms with Crippen molar-refractivity contribution in [3.8, 4) is 0 Å². The van der Waals surface area contributed by atoms with Gasteiger partial charge in [-0.05, 0) is 11.6 Å². The van der Waals surface area contributed by atoms with E-state index in [0.29, 0.717) is 16.7 Å². The van der Waals surface area contributed by atoms with Crippen LogP contribution in [0, 0.1) is 0 Å². The molecule has 0 heterocycles. The molecule has 1 aliphatic rings. The van der Waals surface area contributed by atoms with Crippen molar-refractivity contribution in [3.05, 3.63) is 82.9 Å². The zero-order valence-electron chi connectivity index (χ0n) is 10.6. The van der Waals surface area contributed by atoms with E-state index in [0.717, 1.165) is 0 Å². The lowest BCUT2D eigenvalue weighted by atomic mass is 9.85. The van der Waals surface area contributed by atoms with Crippen LogP contribution in [0.15, 0.2) is 66.2 Å². The zero-order valence-corrected chi connectivity index (χ0v) is 10.6. The number of benzene rings is 2. The minimum atomic E-state index is -1.08. The van der Waals surface area contributed by atoms with E-state index in [-0.39, 0.29) is 17.1 Å². The maximum atomic E-state index is 12.4. The van der Waals surface area contributed by atoms with Crippen molar-refractivity contribution in [1.29, 1.82) is 0 Å². The monoisotopic (exact) mass is 264 g/mol. The van der Waals surface area contributed by atoms with Gasteiger partial charge in [0.25, 0.3) is 0 Å². The van der Waals surface area contributed by atoms with Gasteiger partial charge in [0.2, 0.25) is 0 Å². The first-order valence-electron chi connectivity index (χ1n) is 6.31. The number of carbonyl (C=O) groups excluding carboxylic acids is 2. The number of hydrogen-bond donors (Lipinski definition) is 1. The molecule has 0 unspecified atom stereocenters. The van der Waals surface area contributed by atoms with Gasteiger partial charge in [0, 0.05) is 16.7 Å². The Hall–Kier alpha value is -2.52. The Morgan fingerprint density at radius 2 is 1.40 bits per heavy atom. The molecule has 3 rings (SSSR count). The molecule has 0 aromatic heterocycles. The molecule has 0 spiro atoms. The van der Waals surface area contributed by atoms with Crippen molar-refractivity contribution in [1.82, 2.24) is 0 Å². The molecule has 1 N–H and O–H groups in total. The predicted octanol–water partition coefficient (Wildman–Crippen LogP) is 2.73. The molecule has 0 saturated carbocycles. The second kappa shape index (κ2) is 4.87. The lowest BCUT2D eigenvalue weighted by Crippen LogP contribution is -2.21. The molecule has 98 valence electrons. The van der Waals surface area contributed by atoms with E-state index in [1.165, 1.54) is 6.08 Å². The van der Waals surface area contributed by atoms with Crippen LogP contribution in [-0.2, 0) is 0 Å². The third-order valence-corrected chi connectivity index (χ3v) is 3.40. The van der Waals surface area contributed by atoms with Crippen LogP contribution < -0.4 is 0 Å². The molecule has 3 heteroatoms. The Balaban J connectivity index is 2.05. The number of hydrogen-bond acceptors (Lipinski definition) is 3. The van der Waals surface area contributed by atoms with Gasteiger partial charge in [-0.15, -0.1) is 0 Å². The maximum Gasteiger partial charge on any atom is 0.192 e. The molecule has 0 bridgehead atoms. The van der Waals surface area contributed by atoms with Gasteiger partial charge in [-0.1, -0.05) is 54.6 Å². The van der Waals surface area contributed by atoms with Crippen molar-refractivity contribution in [3.63, 3.8) is 0 Å².